The van der Waals surface area contributed by atoms with Crippen molar-refractivity contribution in [2.24, 2.45) is 5.10 Å². The summed E-state index contributed by atoms with van der Waals surface area (Å²) in [6.07, 6.45) is 3.86. The lowest BCUT2D eigenvalue weighted by molar-refractivity contribution is 0.476. The zero-order valence-corrected chi connectivity index (χ0v) is 15.4. The van der Waals surface area contributed by atoms with Crippen molar-refractivity contribution in [1.82, 2.24) is 4.33 Å². The van der Waals surface area contributed by atoms with Crippen molar-refractivity contribution in [3.8, 4) is 0 Å². The molecule has 26 heavy (non-hydrogen) atoms. The lowest BCUT2D eigenvalue weighted by atomic mass is 9.71. The fourth-order valence-electron chi connectivity index (χ4n) is 3.39. The molecule has 2 aliphatic rings. The van der Waals surface area contributed by atoms with E-state index in [9.17, 15) is 13.4 Å². The third-order valence-corrected chi connectivity index (χ3v) is 6.56. The van der Waals surface area contributed by atoms with Crippen LogP contribution in [0.25, 0.3) is 0 Å². The Morgan fingerprint density at radius 2 is 1.77 bits per heavy atom. The van der Waals surface area contributed by atoms with Crippen LogP contribution in [0, 0.1) is 6.92 Å². The van der Waals surface area contributed by atoms with Gasteiger partial charge in [-0.25, -0.2) is 8.42 Å². The molecule has 0 atom stereocenters. The number of rotatable bonds is 3. The van der Waals surface area contributed by atoms with Gasteiger partial charge in [0.2, 0.25) is 0 Å². The first kappa shape index (κ1) is 17.1. The molecule has 1 fully saturated rings. The van der Waals surface area contributed by atoms with Gasteiger partial charge in [0.05, 0.1) is 11.1 Å². The number of hydrogen-bond acceptors (Lipinski definition) is 5. The Morgan fingerprint density at radius 1 is 1.08 bits per heavy atom. The quantitative estimate of drug-likeness (QED) is 0.829. The highest BCUT2D eigenvalue weighted by Gasteiger charge is 2.38. The van der Waals surface area contributed by atoms with E-state index in [1.54, 1.807) is 18.2 Å². The standard InChI is InChI=1S/C18H20BN3O3S/c1-14-4-7-17(8-5-14)26(24,25)22-19(23)18-9-6-16(12-15(18)13-20-22)21-10-2-3-11-21/h4-9,12-13,23H,2-3,10-11H2,1H3. The van der Waals surface area contributed by atoms with Crippen LogP contribution in [0.2, 0.25) is 0 Å². The Labute approximate surface area is 153 Å². The minimum absolute atomic E-state index is 0.108. The Hall–Kier alpha value is -2.32. The molecule has 2 aromatic rings. The molecule has 0 spiro atoms. The van der Waals surface area contributed by atoms with Gasteiger partial charge < -0.3 is 9.92 Å². The molecule has 2 aliphatic heterocycles. The minimum atomic E-state index is -3.92. The molecule has 0 aliphatic carbocycles. The van der Waals surface area contributed by atoms with Crippen LogP contribution >= 0.6 is 0 Å². The van der Waals surface area contributed by atoms with Crippen molar-refractivity contribution in [3.05, 3.63) is 53.6 Å². The average molecular weight is 369 g/mol. The molecule has 6 nitrogen and oxygen atoms in total. The lowest BCUT2D eigenvalue weighted by Crippen LogP contribution is -2.52. The highest BCUT2D eigenvalue weighted by molar-refractivity contribution is 7.90. The topological polar surface area (TPSA) is 73.2 Å². The van der Waals surface area contributed by atoms with E-state index < -0.39 is 17.1 Å². The van der Waals surface area contributed by atoms with Crippen LogP contribution < -0.4 is 10.4 Å². The number of benzene rings is 2. The summed E-state index contributed by atoms with van der Waals surface area (Å²) in [7, 11) is -5.26. The van der Waals surface area contributed by atoms with Gasteiger partial charge in [-0.1, -0.05) is 23.8 Å². The summed E-state index contributed by atoms with van der Waals surface area (Å²) in [5.41, 5.74) is 3.33. The Morgan fingerprint density at radius 3 is 2.46 bits per heavy atom. The van der Waals surface area contributed by atoms with Crippen LogP contribution in [0.3, 0.4) is 0 Å². The zero-order valence-electron chi connectivity index (χ0n) is 14.5. The van der Waals surface area contributed by atoms with Gasteiger partial charge in [0.25, 0.3) is 10.0 Å². The SMILES string of the molecule is Cc1ccc(S(=O)(=O)N2N=Cc3cc(N4CCCC4)ccc3B2O)cc1. The normalized spacial score (nSPS) is 16.9. The maximum atomic E-state index is 12.8. The number of anilines is 1. The summed E-state index contributed by atoms with van der Waals surface area (Å²) in [6, 6.07) is 12.2. The molecule has 0 saturated carbocycles. The highest BCUT2D eigenvalue weighted by Crippen LogP contribution is 2.24. The molecule has 4 rings (SSSR count). The van der Waals surface area contributed by atoms with E-state index in [-0.39, 0.29) is 4.90 Å². The first-order valence-corrected chi connectivity index (χ1v) is 10.1. The summed E-state index contributed by atoms with van der Waals surface area (Å²) < 4.78 is 26.5. The maximum Gasteiger partial charge on any atom is 0.484 e. The molecular formula is C18H20BN3O3S. The Balaban J connectivity index is 1.66. The van der Waals surface area contributed by atoms with Gasteiger partial charge in [0, 0.05) is 18.8 Å². The molecule has 134 valence electrons. The summed E-state index contributed by atoms with van der Waals surface area (Å²) in [6.45, 7) is 3.93. The van der Waals surface area contributed by atoms with E-state index in [1.165, 1.54) is 31.2 Å². The fraction of sp³-hybridized carbons (Fsp3) is 0.278. The second kappa shape index (κ2) is 6.44. The molecule has 1 N–H and O–H groups in total. The average Bonchev–Trinajstić information content (AvgIpc) is 3.16. The number of hydrazone groups is 1. The number of aryl methyl sites for hydroxylation is 1. The predicted molar refractivity (Wildman–Crippen MR) is 103 cm³/mol. The van der Waals surface area contributed by atoms with E-state index in [4.69, 9.17) is 0 Å². The molecule has 0 unspecified atom stereocenters. The lowest BCUT2D eigenvalue weighted by Gasteiger charge is -2.27. The van der Waals surface area contributed by atoms with E-state index >= 15 is 0 Å². The Bertz CT molecular complexity index is 954. The van der Waals surface area contributed by atoms with Crippen LogP contribution in [0.1, 0.15) is 24.0 Å². The first-order valence-electron chi connectivity index (χ1n) is 8.69. The highest BCUT2D eigenvalue weighted by atomic mass is 32.2. The molecular weight excluding hydrogens is 349 g/mol. The van der Waals surface area contributed by atoms with Crippen molar-refractivity contribution in [3.63, 3.8) is 0 Å². The number of nitrogens with zero attached hydrogens (tertiary/aromatic N) is 3. The Kier molecular flexibility index (Phi) is 4.24. The van der Waals surface area contributed by atoms with Crippen LogP contribution in [0.5, 0.6) is 0 Å². The van der Waals surface area contributed by atoms with Crippen LogP contribution in [-0.2, 0) is 10.0 Å². The van der Waals surface area contributed by atoms with E-state index in [2.05, 4.69) is 10.0 Å². The predicted octanol–water partition coefficient (Wildman–Crippen LogP) is 1.32. The van der Waals surface area contributed by atoms with Crippen LogP contribution in [0.15, 0.2) is 52.5 Å². The first-order chi connectivity index (χ1) is 12.5. The summed E-state index contributed by atoms with van der Waals surface area (Å²) >= 11 is 0. The van der Waals surface area contributed by atoms with Gasteiger partial charge in [-0.2, -0.15) is 9.43 Å². The molecule has 0 bridgehead atoms. The van der Waals surface area contributed by atoms with Crippen LogP contribution in [0.4, 0.5) is 5.69 Å². The smallest absolute Gasteiger partial charge is 0.427 e. The van der Waals surface area contributed by atoms with Gasteiger partial charge >= 0.3 is 7.05 Å². The van der Waals surface area contributed by atoms with Gasteiger partial charge in [0.15, 0.2) is 0 Å². The second-order valence-corrected chi connectivity index (χ2v) is 8.51. The van der Waals surface area contributed by atoms with Gasteiger partial charge in [-0.3, -0.25) is 0 Å². The van der Waals surface area contributed by atoms with Crippen molar-refractivity contribution in [1.29, 1.82) is 0 Å². The maximum absolute atomic E-state index is 12.8. The van der Waals surface area contributed by atoms with E-state index in [0.29, 0.717) is 5.46 Å². The number of hydrogen-bond donors (Lipinski definition) is 1. The molecule has 8 heteroatoms. The molecule has 1 saturated heterocycles. The van der Waals surface area contributed by atoms with Crippen LogP contribution in [-0.4, -0.2) is 44.1 Å². The molecule has 0 aromatic heterocycles. The molecule has 0 radical (unpaired) electrons. The van der Waals surface area contributed by atoms with Crippen molar-refractivity contribution < 1.29 is 13.4 Å². The van der Waals surface area contributed by atoms with Crippen molar-refractivity contribution in [2.75, 3.05) is 18.0 Å². The van der Waals surface area contributed by atoms with E-state index in [0.717, 1.165) is 34.2 Å². The number of sulfonamides is 1. The van der Waals surface area contributed by atoms with E-state index in [1.807, 2.05) is 19.1 Å². The van der Waals surface area contributed by atoms with Gasteiger partial charge in [0.1, 0.15) is 0 Å². The summed E-state index contributed by atoms with van der Waals surface area (Å²) in [4.78, 5) is 2.40. The summed E-state index contributed by atoms with van der Waals surface area (Å²) in [5.74, 6) is 0. The van der Waals surface area contributed by atoms with Crippen molar-refractivity contribution in [2.45, 2.75) is 24.7 Å². The monoisotopic (exact) mass is 369 g/mol. The minimum Gasteiger partial charge on any atom is -0.427 e. The second-order valence-electron chi connectivity index (χ2n) is 6.72. The van der Waals surface area contributed by atoms with Crippen molar-refractivity contribution >= 4 is 34.4 Å². The largest absolute Gasteiger partial charge is 0.484 e. The summed E-state index contributed by atoms with van der Waals surface area (Å²) in [5, 5.41) is 14.7. The third-order valence-electron chi connectivity index (χ3n) is 4.90. The molecule has 2 aromatic carbocycles. The number of fused-ring (bicyclic) bond motifs is 1. The van der Waals surface area contributed by atoms with Gasteiger partial charge in [-0.05, 0) is 55.1 Å². The van der Waals surface area contributed by atoms with Gasteiger partial charge in [-0.15, -0.1) is 0 Å². The fourth-order valence-corrected chi connectivity index (χ4v) is 4.64. The molecule has 0 amide bonds. The zero-order chi connectivity index (χ0) is 18.3. The third kappa shape index (κ3) is 2.89. The molecule has 2 heterocycles.